The van der Waals surface area contributed by atoms with Gasteiger partial charge in [0.2, 0.25) is 0 Å². The molecule has 2 aromatic rings. The van der Waals surface area contributed by atoms with Crippen LogP contribution in [0.3, 0.4) is 0 Å². The van der Waals surface area contributed by atoms with E-state index in [0.717, 1.165) is 13.6 Å². The second-order valence-corrected chi connectivity index (χ2v) is 4.79. The summed E-state index contributed by atoms with van der Waals surface area (Å²) in [5.41, 5.74) is 0.929. The van der Waals surface area contributed by atoms with Gasteiger partial charge in [0.25, 0.3) is 5.89 Å². The molecule has 14 heavy (non-hydrogen) atoms. The summed E-state index contributed by atoms with van der Waals surface area (Å²) in [6.45, 7) is 1.80. The number of nitrogens with zero attached hydrogens (tertiary/aromatic N) is 2. The summed E-state index contributed by atoms with van der Waals surface area (Å²) in [5, 5.41) is 3.74. The lowest BCUT2D eigenvalue weighted by Crippen LogP contribution is -1.80. The highest BCUT2D eigenvalue weighted by molar-refractivity contribution is 14.1. The highest BCUT2D eigenvalue weighted by atomic mass is 127. The zero-order valence-electron chi connectivity index (χ0n) is 7.29. The molecule has 0 bridgehead atoms. The molecule has 0 saturated carbocycles. The van der Waals surface area contributed by atoms with Gasteiger partial charge in [0, 0.05) is 13.6 Å². The molecule has 0 aliphatic carbocycles. The zero-order chi connectivity index (χ0) is 10.1. The van der Waals surface area contributed by atoms with E-state index in [4.69, 9.17) is 4.52 Å². The second-order valence-electron chi connectivity index (χ2n) is 2.78. The van der Waals surface area contributed by atoms with E-state index in [1.807, 2.05) is 18.2 Å². The first-order valence-corrected chi connectivity index (χ1v) is 5.80. The van der Waals surface area contributed by atoms with Gasteiger partial charge in [-0.2, -0.15) is 4.98 Å². The maximum atomic E-state index is 5.06. The second kappa shape index (κ2) is 3.98. The third-order valence-electron chi connectivity index (χ3n) is 1.69. The molecule has 1 aromatic heterocycles. The van der Waals surface area contributed by atoms with Crippen LogP contribution in [0.25, 0.3) is 11.5 Å². The molecule has 0 unspecified atom stereocenters. The van der Waals surface area contributed by atoms with E-state index in [9.17, 15) is 0 Å². The van der Waals surface area contributed by atoms with E-state index >= 15 is 0 Å². The van der Waals surface area contributed by atoms with Gasteiger partial charge < -0.3 is 4.52 Å². The number of rotatable bonds is 1. The SMILES string of the molecule is Cc1noc(-c2ccc(I)c(Br)c2)n1. The molecule has 0 atom stereocenters. The van der Waals surface area contributed by atoms with Crippen molar-refractivity contribution in [3.05, 3.63) is 32.1 Å². The summed E-state index contributed by atoms with van der Waals surface area (Å²) in [6, 6.07) is 5.92. The molecule has 5 heteroatoms. The van der Waals surface area contributed by atoms with Crippen LogP contribution >= 0.6 is 38.5 Å². The molecule has 72 valence electrons. The quantitative estimate of drug-likeness (QED) is 0.728. The Labute approximate surface area is 103 Å². The lowest BCUT2D eigenvalue weighted by molar-refractivity contribution is 0.425. The van der Waals surface area contributed by atoms with E-state index in [1.165, 1.54) is 0 Å². The van der Waals surface area contributed by atoms with Crippen molar-refractivity contribution in [1.29, 1.82) is 0 Å². The van der Waals surface area contributed by atoms with Gasteiger partial charge in [-0.3, -0.25) is 0 Å². The number of hydrogen-bond donors (Lipinski definition) is 0. The van der Waals surface area contributed by atoms with E-state index in [1.54, 1.807) is 6.92 Å². The van der Waals surface area contributed by atoms with E-state index in [-0.39, 0.29) is 0 Å². The molecule has 0 saturated heterocycles. The monoisotopic (exact) mass is 364 g/mol. The minimum atomic E-state index is 0.555. The van der Waals surface area contributed by atoms with Crippen molar-refractivity contribution in [1.82, 2.24) is 10.1 Å². The van der Waals surface area contributed by atoms with Gasteiger partial charge in [-0.05, 0) is 63.6 Å². The van der Waals surface area contributed by atoms with Gasteiger partial charge in [0.1, 0.15) is 0 Å². The third-order valence-corrected chi connectivity index (χ3v) is 4.03. The first-order valence-electron chi connectivity index (χ1n) is 3.92. The fourth-order valence-electron chi connectivity index (χ4n) is 1.04. The van der Waals surface area contributed by atoms with Gasteiger partial charge in [0.15, 0.2) is 5.82 Å². The van der Waals surface area contributed by atoms with Crippen LogP contribution in [0.5, 0.6) is 0 Å². The lowest BCUT2D eigenvalue weighted by atomic mass is 10.2. The van der Waals surface area contributed by atoms with E-state index in [2.05, 4.69) is 48.7 Å². The standard InChI is InChI=1S/C9H6BrIN2O/c1-5-12-9(14-13-5)6-2-3-8(11)7(10)4-6/h2-4H,1H3. The van der Waals surface area contributed by atoms with Gasteiger partial charge in [-0.25, -0.2) is 0 Å². The minimum Gasteiger partial charge on any atom is -0.334 e. The number of halogens is 2. The zero-order valence-corrected chi connectivity index (χ0v) is 11.0. The molecule has 0 radical (unpaired) electrons. The molecule has 1 heterocycles. The van der Waals surface area contributed by atoms with Crippen LogP contribution in [0.1, 0.15) is 5.82 Å². The first-order chi connectivity index (χ1) is 6.66. The molecule has 0 N–H and O–H groups in total. The average molecular weight is 365 g/mol. The maximum Gasteiger partial charge on any atom is 0.257 e. The van der Waals surface area contributed by atoms with Crippen molar-refractivity contribution in [2.45, 2.75) is 6.92 Å². The number of hydrogen-bond acceptors (Lipinski definition) is 3. The molecule has 3 nitrogen and oxygen atoms in total. The Kier molecular flexibility index (Phi) is 2.87. The maximum absolute atomic E-state index is 5.06. The fourth-order valence-corrected chi connectivity index (χ4v) is 1.76. The van der Waals surface area contributed by atoms with Crippen LogP contribution in [-0.2, 0) is 0 Å². The summed E-state index contributed by atoms with van der Waals surface area (Å²) < 4.78 is 7.25. The predicted molar refractivity (Wildman–Crippen MR) is 64.9 cm³/mol. The van der Waals surface area contributed by atoms with E-state index in [0.29, 0.717) is 11.7 Å². The Hall–Kier alpha value is -0.430. The Bertz CT molecular complexity index is 470. The van der Waals surface area contributed by atoms with Crippen molar-refractivity contribution in [2.75, 3.05) is 0 Å². The largest absolute Gasteiger partial charge is 0.334 e. The third kappa shape index (κ3) is 1.98. The molecule has 1 aromatic carbocycles. The van der Waals surface area contributed by atoms with Crippen LogP contribution in [0.15, 0.2) is 27.2 Å². The molecule has 0 aliphatic heterocycles. The summed E-state index contributed by atoms with van der Waals surface area (Å²) in [7, 11) is 0. The Morgan fingerprint density at radius 3 is 2.79 bits per heavy atom. The number of aryl methyl sites for hydroxylation is 1. The van der Waals surface area contributed by atoms with Gasteiger partial charge >= 0.3 is 0 Å². The summed E-state index contributed by atoms with van der Waals surface area (Å²) in [6.07, 6.45) is 0. The fraction of sp³-hybridized carbons (Fsp3) is 0.111. The minimum absolute atomic E-state index is 0.555. The highest BCUT2D eigenvalue weighted by Gasteiger charge is 2.07. The summed E-state index contributed by atoms with van der Waals surface area (Å²) in [4.78, 5) is 4.15. The average Bonchev–Trinajstić information content (AvgIpc) is 2.57. The van der Waals surface area contributed by atoms with Crippen molar-refractivity contribution in [3.63, 3.8) is 0 Å². The highest BCUT2D eigenvalue weighted by Crippen LogP contribution is 2.25. The number of benzene rings is 1. The van der Waals surface area contributed by atoms with Crippen LogP contribution in [0.4, 0.5) is 0 Å². The molecule has 0 fully saturated rings. The summed E-state index contributed by atoms with van der Waals surface area (Å²) in [5.74, 6) is 1.20. The molecular weight excluding hydrogens is 359 g/mol. The normalized spacial score (nSPS) is 10.5. The topological polar surface area (TPSA) is 38.9 Å². The van der Waals surface area contributed by atoms with Gasteiger partial charge in [0.05, 0.1) is 0 Å². The Morgan fingerprint density at radius 2 is 2.21 bits per heavy atom. The molecular formula is C9H6BrIN2O. The van der Waals surface area contributed by atoms with Crippen molar-refractivity contribution in [2.24, 2.45) is 0 Å². The molecule has 0 amide bonds. The van der Waals surface area contributed by atoms with Crippen LogP contribution in [-0.4, -0.2) is 10.1 Å². The summed E-state index contributed by atoms with van der Waals surface area (Å²) >= 11 is 5.70. The van der Waals surface area contributed by atoms with Crippen molar-refractivity contribution in [3.8, 4) is 11.5 Å². The van der Waals surface area contributed by atoms with Gasteiger partial charge in [-0.1, -0.05) is 5.16 Å². The van der Waals surface area contributed by atoms with Crippen LogP contribution in [0, 0.1) is 10.5 Å². The molecule has 0 aliphatic rings. The molecule has 2 rings (SSSR count). The Morgan fingerprint density at radius 1 is 1.43 bits per heavy atom. The first kappa shape index (κ1) is 10.1. The predicted octanol–water partition coefficient (Wildman–Crippen LogP) is 3.41. The van der Waals surface area contributed by atoms with Crippen molar-refractivity contribution >= 4 is 38.5 Å². The van der Waals surface area contributed by atoms with Crippen LogP contribution in [0.2, 0.25) is 0 Å². The van der Waals surface area contributed by atoms with E-state index < -0.39 is 0 Å². The van der Waals surface area contributed by atoms with Crippen LogP contribution < -0.4 is 0 Å². The Balaban J connectivity index is 2.47. The van der Waals surface area contributed by atoms with Gasteiger partial charge in [-0.15, -0.1) is 0 Å². The van der Waals surface area contributed by atoms with Crippen molar-refractivity contribution < 1.29 is 4.52 Å². The lowest BCUT2D eigenvalue weighted by Gasteiger charge is -1.97. The smallest absolute Gasteiger partial charge is 0.257 e. The molecule has 0 spiro atoms. The number of aromatic nitrogens is 2.